The molecule has 1 aliphatic heterocycles. The van der Waals surface area contributed by atoms with Gasteiger partial charge in [0.25, 0.3) is 5.69 Å². The molecule has 1 aromatic rings. The molecule has 23 heavy (non-hydrogen) atoms. The van der Waals surface area contributed by atoms with Crippen LogP contribution in [0.15, 0.2) is 24.3 Å². The molecular formula is C14H19N3O4S2. The Morgan fingerprint density at radius 3 is 2.57 bits per heavy atom. The highest BCUT2D eigenvalue weighted by Gasteiger charge is 2.33. The third-order valence-electron chi connectivity index (χ3n) is 3.70. The van der Waals surface area contributed by atoms with Gasteiger partial charge in [-0.25, -0.2) is 8.42 Å². The van der Waals surface area contributed by atoms with Gasteiger partial charge in [-0.1, -0.05) is 6.92 Å². The highest BCUT2D eigenvalue weighted by molar-refractivity contribution is 7.91. The summed E-state index contributed by atoms with van der Waals surface area (Å²) in [6, 6.07) is 5.85. The highest BCUT2D eigenvalue weighted by atomic mass is 32.2. The van der Waals surface area contributed by atoms with Gasteiger partial charge in [0.15, 0.2) is 14.9 Å². The van der Waals surface area contributed by atoms with E-state index in [0.29, 0.717) is 23.8 Å². The van der Waals surface area contributed by atoms with Crippen molar-refractivity contribution in [2.45, 2.75) is 25.8 Å². The van der Waals surface area contributed by atoms with Gasteiger partial charge < -0.3 is 10.2 Å². The molecule has 126 valence electrons. The molecule has 9 heteroatoms. The maximum absolute atomic E-state index is 11.7. The first-order valence-corrected chi connectivity index (χ1v) is 9.58. The minimum atomic E-state index is -2.98. The molecule has 0 aromatic heterocycles. The minimum Gasteiger partial charge on any atom is -0.345 e. The van der Waals surface area contributed by atoms with Crippen molar-refractivity contribution in [1.82, 2.24) is 4.90 Å². The van der Waals surface area contributed by atoms with Crippen LogP contribution in [0.5, 0.6) is 0 Å². The van der Waals surface area contributed by atoms with Gasteiger partial charge in [0.2, 0.25) is 0 Å². The Kier molecular flexibility index (Phi) is 5.53. The number of thiocarbonyl (C=S) groups is 1. The van der Waals surface area contributed by atoms with E-state index in [4.69, 9.17) is 12.2 Å². The van der Waals surface area contributed by atoms with Crippen LogP contribution in [0.25, 0.3) is 0 Å². The standard InChI is InChI=1S/C14H19N3O4S2/c1-2-8-16(13-7-9-23(20,21)10-13)14(22)15-11-3-5-12(6-4-11)17(18)19/h3-6,13H,2,7-10H2,1H3,(H,15,22)/t13-/m0/s1. The van der Waals surface area contributed by atoms with Gasteiger partial charge in [-0.3, -0.25) is 10.1 Å². The molecule has 0 radical (unpaired) electrons. The van der Waals surface area contributed by atoms with Gasteiger partial charge in [0, 0.05) is 30.4 Å². The lowest BCUT2D eigenvalue weighted by Gasteiger charge is -2.30. The molecule has 1 N–H and O–H groups in total. The van der Waals surface area contributed by atoms with Gasteiger partial charge in [0.05, 0.1) is 16.4 Å². The van der Waals surface area contributed by atoms with Crippen LogP contribution in [0.1, 0.15) is 19.8 Å². The zero-order valence-electron chi connectivity index (χ0n) is 12.8. The predicted molar refractivity (Wildman–Crippen MR) is 93.4 cm³/mol. The van der Waals surface area contributed by atoms with Crippen LogP contribution in [0.4, 0.5) is 11.4 Å². The quantitative estimate of drug-likeness (QED) is 0.490. The summed E-state index contributed by atoms with van der Waals surface area (Å²) < 4.78 is 23.4. The molecule has 0 saturated carbocycles. The molecule has 0 unspecified atom stereocenters. The Morgan fingerprint density at radius 1 is 1.43 bits per heavy atom. The van der Waals surface area contributed by atoms with Crippen molar-refractivity contribution in [3.8, 4) is 0 Å². The van der Waals surface area contributed by atoms with Crippen molar-refractivity contribution in [2.24, 2.45) is 0 Å². The molecule has 1 fully saturated rings. The number of rotatable bonds is 5. The Bertz CT molecular complexity index is 688. The molecule has 7 nitrogen and oxygen atoms in total. The molecule has 1 saturated heterocycles. The maximum Gasteiger partial charge on any atom is 0.269 e. The fourth-order valence-electron chi connectivity index (χ4n) is 2.57. The topological polar surface area (TPSA) is 92.5 Å². The molecule has 0 spiro atoms. The lowest BCUT2D eigenvalue weighted by molar-refractivity contribution is -0.384. The largest absolute Gasteiger partial charge is 0.345 e. The number of benzene rings is 1. The maximum atomic E-state index is 11.7. The van der Waals surface area contributed by atoms with Gasteiger partial charge in [-0.2, -0.15) is 0 Å². The van der Waals surface area contributed by atoms with Gasteiger partial charge in [0.1, 0.15) is 0 Å². The first kappa shape index (κ1) is 17.6. The van der Waals surface area contributed by atoms with Gasteiger partial charge >= 0.3 is 0 Å². The van der Waals surface area contributed by atoms with Crippen molar-refractivity contribution in [3.05, 3.63) is 34.4 Å². The van der Waals surface area contributed by atoms with Crippen LogP contribution >= 0.6 is 12.2 Å². The summed E-state index contributed by atoms with van der Waals surface area (Å²) in [6.07, 6.45) is 1.42. The predicted octanol–water partition coefficient (Wildman–Crippen LogP) is 2.19. The van der Waals surface area contributed by atoms with E-state index in [2.05, 4.69) is 5.32 Å². The Morgan fingerprint density at radius 2 is 2.09 bits per heavy atom. The van der Waals surface area contributed by atoms with Crippen LogP contribution < -0.4 is 5.32 Å². The van der Waals surface area contributed by atoms with Crippen molar-refractivity contribution >= 4 is 38.5 Å². The van der Waals surface area contributed by atoms with Crippen molar-refractivity contribution < 1.29 is 13.3 Å². The molecule has 2 rings (SSSR count). The number of sulfone groups is 1. The van der Waals surface area contributed by atoms with Crippen molar-refractivity contribution in [3.63, 3.8) is 0 Å². The fourth-order valence-corrected chi connectivity index (χ4v) is 4.66. The van der Waals surface area contributed by atoms with E-state index in [-0.39, 0.29) is 23.2 Å². The summed E-state index contributed by atoms with van der Waals surface area (Å²) >= 11 is 5.41. The SMILES string of the molecule is CCCN(C(=S)Nc1ccc([N+](=O)[O-])cc1)[C@H]1CCS(=O)(=O)C1. The van der Waals surface area contributed by atoms with Crippen LogP contribution in [0, 0.1) is 10.1 Å². The number of hydrogen-bond acceptors (Lipinski definition) is 5. The van der Waals surface area contributed by atoms with E-state index in [1.165, 1.54) is 12.1 Å². The number of nitro groups is 1. The van der Waals surface area contributed by atoms with Crippen molar-refractivity contribution in [1.29, 1.82) is 0 Å². The van der Waals surface area contributed by atoms with Crippen LogP contribution in [0.2, 0.25) is 0 Å². The van der Waals surface area contributed by atoms with Gasteiger partial charge in [-0.05, 0) is 37.2 Å². The van der Waals surface area contributed by atoms with Gasteiger partial charge in [-0.15, -0.1) is 0 Å². The third-order valence-corrected chi connectivity index (χ3v) is 5.79. The normalized spacial score (nSPS) is 19.3. The Labute approximate surface area is 140 Å². The second-order valence-electron chi connectivity index (χ2n) is 5.48. The molecule has 0 amide bonds. The number of nitrogens with zero attached hydrogens (tertiary/aromatic N) is 2. The second kappa shape index (κ2) is 7.22. The number of hydrogen-bond donors (Lipinski definition) is 1. The van der Waals surface area contributed by atoms with E-state index < -0.39 is 14.8 Å². The second-order valence-corrected chi connectivity index (χ2v) is 8.10. The van der Waals surface area contributed by atoms with Crippen LogP contribution in [-0.2, 0) is 9.84 Å². The van der Waals surface area contributed by atoms with E-state index in [0.717, 1.165) is 6.42 Å². The third kappa shape index (κ3) is 4.61. The Balaban J connectivity index is 2.07. The summed E-state index contributed by atoms with van der Waals surface area (Å²) in [6.45, 7) is 2.67. The van der Waals surface area contributed by atoms with Crippen LogP contribution in [-0.4, -0.2) is 47.4 Å². The molecule has 0 aliphatic carbocycles. The summed E-state index contributed by atoms with van der Waals surface area (Å²) in [7, 11) is -2.98. The monoisotopic (exact) mass is 357 g/mol. The zero-order chi connectivity index (χ0) is 17.0. The number of nitrogens with one attached hydrogen (secondary N) is 1. The van der Waals surface area contributed by atoms with Crippen molar-refractivity contribution in [2.75, 3.05) is 23.4 Å². The smallest absolute Gasteiger partial charge is 0.269 e. The van der Waals surface area contributed by atoms with Crippen LogP contribution in [0.3, 0.4) is 0 Å². The van der Waals surface area contributed by atoms with E-state index >= 15 is 0 Å². The van der Waals surface area contributed by atoms with E-state index in [1.54, 1.807) is 12.1 Å². The van der Waals surface area contributed by atoms with E-state index in [9.17, 15) is 18.5 Å². The summed E-state index contributed by atoms with van der Waals surface area (Å²) in [5.41, 5.74) is 0.649. The summed E-state index contributed by atoms with van der Waals surface area (Å²) in [5.74, 6) is 0.313. The van der Waals surface area contributed by atoms with E-state index in [1.807, 2.05) is 11.8 Å². The summed E-state index contributed by atoms with van der Waals surface area (Å²) in [5, 5.41) is 14.1. The number of anilines is 1. The average Bonchev–Trinajstić information content (AvgIpc) is 2.85. The first-order valence-electron chi connectivity index (χ1n) is 7.35. The minimum absolute atomic E-state index is 0.00812. The highest BCUT2D eigenvalue weighted by Crippen LogP contribution is 2.21. The number of non-ortho nitro benzene ring substituents is 1. The number of nitro benzene ring substituents is 1. The Hall–Kier alpha value is -1.74. The fraction of sp³-hybridized carbons (Fsp3) is 0.500. The molecule has 0 bridgehead atoms. The lowest BCUT2D eigenvalue weighted by Crippen LogP contribution is -2.43. The lowest BCUT2D eigenvalue weighted by atomic mass is 10.2. The molecule has 1 aliphatic rings. The molecule has 1 heterocycles. The summed E-state index contributed by atoms with van der Waals surface area (Å²) in [4.78, 5) is 12.1. The average molecular weight is 357 g/mol. The first-order chi connectivity index (χ1) is 10.8. The molecule has 1 aromatic carbocycles. The zero-order valence-corrected chi connectivity index (χ0v) is 14.4. The molecular weight excluding hydrogens is 338 g/mol. The molecule has 1 atom stereocenters.